The molecule has 0 fully saturated rings. The van der Waals surface area contributed by atoms with Gasteiger partial charge in [0, 0.05) is 20.6 Å². The molecule has 148 valence electrons. The zero-order chi connectivity index (χ0) is 19.9. The van der Waals surface area contributed by atoms with E-state index in [2.05, 4.69) is 15.0 Å². The maximum Gasteiger partial charge on any atom is 0.320 e. The van der Waals surface area contributed by atoms with Crippen LogP contribution in [0.2, 0.25) is 5.15 Å². The highest BCUT2D eigenvalue weighted by Gasteiger charge is 2.15. The topological polar surface area (TPSA) is 88.4 Å². The minimum absolute atomic E-state index is 0.186. The van der Waals surface area contributed by atoms with E-state index in [1.54, 1.807) is 13.4 Å². The quantitative estimate of drug-likeness (QED) is 0.400. The van der Waals surface area contributed by atoms with Gasteiger partial charge in [0.2, 0.25) is 0 Å². The van der Waals surface area contributed by atoms with Crippen LogP contribution >= 0.6 is 11.6 Å². The molecule has 0 saturated carbocycles. The lowest BCUT2D eigenvalue weighted by Crippen LogP contribution is -2.21. The summed E-state index contributed by atoms with van der Waals surface area (Å²) >= 11 is 6.24. The fourth-order valence-corrected chi connectivity index (χ4v) is 2.81. The number of hydrogen-bond acceptors (Lipinski definition) is 7. The van der Waals surface area contributed by atoms with Crippen LogP contribution in [-0.4, -0.2) is 45.3 Å². The number of imidazole rings is 1. The van der Waals surface area contributed by atoms with Crippen LogP contribution in [0.3, 0.4) is 0 Å². The SMILES string of the molecule is COC(CCn1cnc2c(Cl)nc(OCc3ccccc3)nc21)COC(C)=O. The lowest BCUT2D eigenvalue weighted by molar-refractivity contribution is -0.144. The van der Waals surface area contributed by atoms with Crippen molar-refractivity contribution in [3.8, 4) is 6.01 Å². The van der Waals surface area contributed by atoms with Gasteiger partial charge >= 0.3 is 12.0 Å². The standard InChI is InChI=1S/C19H21ClN4O4/c1-13(25)27-11-15(26-2)8-9-24-12-21-16-17(20)22-19(23-18(16)24)28-10-14-6-4-3-5-7-14/h3-7,12,15H,8-11H2,1-2H3. The molecule has 0 radical (unpaired) electrons. The number of carbonyl (C=O) groups is 1. The Kier molecular flexibility index (Phi) is 6.78. The van der Waals surface area contributed by atoms with Crippen molar-refractivity contribution in [3.63, 3.8) is 0 Å². The molecular weight excluding hydrogens is 384 g/mol. The van der Waals surface area contributed by atoms with Gasteiger partial charge in [-0.2, -0.15) is 9.97 Å². The number of hydrogen-bond donors (Lipinski definition) is 0. The highest BCUT2D eigenvalue weighted by atomic mass is 35.5. The number of aryl methyl sites for hydroxylation is 1. The van der Waals surface area contributed by atoms with E-state index in [1.807, 2.05) is 34.9 Å². The number of methoxy groups -OCH3 is 1. The third-order valence-electron chi connectivity index (χ3n) is 4.11. The molecule has 0 aliphatic rings. The van der Waals surface area contributed by atoms with E-state index in [0.717, 1.165) is 5.56 Å². The van der Waals surface area contributed by atoms with Gasteiger partial charge in [-0.25, -0.2) is 4.98 Å². The van der Waals surface area contributed by atoms with Gasteiger partial charge in [-0.3, -0.25) is 4.79 Å². The van der Waals surface area contributed by atoms with E-state index < -0.39 is 0 Å². The normalized spacial score (nSPS) is 12.1. The number of aromatic nitrogens is 4. The van der Waals surface area contributed by atoms with Crippen LogP contribution in [0, 0.1) is 0 Å². The van der Waals surface area contributed by atoms with Gasteiger partial charge in [0.05, 0.1) is 12.4 Å². The summed E-state index contributed by atoms with van der Waals surface area (Å²) in [5, 5.41) is 0.231. The van der Waals surface area contributed by atoms with Crippen molar-refractivity contribution in [1.82, 2.24) is 19.5 Å². The van der Waals surface area contributed by atoms with E-state index in [4.69, 9.17) is 25.8 Å². The van der Waals surface area contributed by atoms with Crippen LogP contribution in [0.25, 0.3) is 11.2 Å². The lowest BCUT2D eigenvalue weighted by Gasteiger charge is -2.15. The molecule has 1 aromatic carbocycles. The average Bonchev–Trinajstić information content (AvgIpc) is 3.11. The number of ether oxygens (including phenoxy) is 3. The summed E-state index contributed by atoms with van der Waals surface area (Å²) in [6, 6.07) is 9.92. The Bertz CT molecular complexity index is 932. The van der Waals surface area contributed by atoms with Crippen molar-refractivity contribution in [1.29, 1.82) is 0 Å². The van der Waals surface area contributed by atoms with Gasteiger partial charge in [0.1, 0.15) is 18.7 Å². The fourth-order valence-electron chi connectivity index (χ4n) is 2.60. The predicted octanol–water partition coefficient (Wildman–Crippen LogP) is 3.03. The minimum atomic E-state index is -0.338. The Balaban J connectivity index is 1.71. The third kappa shape index (κ3) is 5.17. The van der Waals surface area contributed by atoms with Crippen LogP contribution in [0.1, 0.15) is 18.9 Å². The maximum absolute atomic E-state index is 11.0. The molecule has 8 nitrogen and oxygen atoms in total. The molecule has 1 unspecified atom stereocenters. The van der Waals surface area contributed by atoms with E-state index in [-0.39, 0.29) is 29.8 Å². The Hall–Kier alpha value is -2.71. The lowest BCUT2D eigenvalue weighted by atomic mass is 10.2. The molecular formula is C19H21ClN4O4. The molecule has 3 rings (SSSR count). The second-order valence-electron chi connectivity index (χ2n) is 6.13. The number of benzene rings is 1. The molecule has 9 heteroatoms. The van der Waals surface area contributed by atoms with Gasteiger partial charge in [0.15, 0.2) is 10.8 Å². The number of esters is 1. The summed E-state index contributed by atoms with van der Waals surface area (Å²) in [6.07, 6.45) is 2.02. The molecule has 1 atom stereocenters. The molecule has 0 N–H and O–H groups in total. The molecule has 3 aromatic rings. The summed E-state index contributed by atoms with van der Waals surface area (Å²) in [4.78, 5) is 23.9. The summed E-state index contributed by atoms with van der Waals surface area (Å²) < 4.78 is 17.9. The molecule has 0 aliphatic heterocycles. The first-order valence-electron chi connectivity index (χ1n) is 8.78. The Morgan fingerprint density at radius 2 is 2.04 bits per heavy atom. The minimum Gasteiger partial charge on any atom is -0.463 e. The molecule has 0 amide bonds. The number of halogens is 1. The first-order chi connectivity index (χ1) is 13.6. The molecule has 0 saturated heterocycles. The van der Waals surface area contributed by atoms with Gasteiger partial charge in [0.25, 0.3) is 0 Å². The van der Waals surface area contributed by atoms with Crippen LogP contribution in [0.5, 0.6) is 6.01 Å². The predicted molar refractivity (Wildman–Crippen MR) is 103 cm³/mol. The second-order valence-corrected chi connectivity index (χ2v) is 6.49. The third-order valence-corrected chi connectivity index (χ3v) is 4.37. The molecule has 2 aromatic heterocycles. The van der Waals surface area contributed by atoms with Crippen molar-refractivity contribution >= 4 is 28.7 Å². The molecule has 28 heavy (non-hydrogen) atoms. The highest BCUT2D eigenvalue weighted by molar-refractivity contribution is 6.33. The smallest absolute Gasteiger partial charge is 0.320 e. The Morgan fingerprint density at radius 1 is 1.25 bits per heavy atom. The number of rotatable bonds is 9. The second kappa shape index (κ2) is 9.48. The highest BCUT2D eigenvalue weighted by Crippen LogP contribution is 2.22. The van der Waals surface area contributed by atoms with Crippen LogP contribution in [0.4, 0.5) is 0 Å². The fraction of sp³-hybridized carbons (Fsp3) is 0.368. The summed E-state index contributed by atoms with van der Waals surface area (Å²) in [7, 11) is 1.58. The molecule has 0 bridgehead atoms. The summed E-state index contributed by atoms with van der Waals surface area (Å²) in [6.45, 7) is 2.46. The van der Waals surface area contributed by atoms with Crippen molar-refractivity contribution in [2.75, 3.05) is 13.7 Å². The number of carbonyl (C=O) groups excluding carboxylic acids is 1. The van der Waals surface area contributed by atoms with Gasteiger partial charge in [-0.05, 0) is 12.0 Å². The Morgan fingerprint density at radius 3 is 2.75 bits per heavy atom. The largest absolute Gasteiger partial charge is 0.463 e. The van der Waals surface area contributed by atoms with Crippen molar-refractivity contribution in [3.05, 3.63) is 47.4 Å². The molecule has 0 aliphatic carbocycles. The van der Waals surface area contributed by atoms with Crippen LogP contribution < -0.4 is 4.74 Å². The van der Waals surface area contributed by atoms with Gasteiger partial charge < -0.3 is 18.8 Å². The van der Waals surface area contributed by atoms with Crippen molar-refractivity contribution in [2.24, 2.45) is 0 Å². The molecule has 0 spiro atoms. The number of nitrogens with zero attached hydrogens (tertiary/aromatic N) is 4. The van der Waals surface area contributed by atoms with Gasteiger partial charge in [-0.1, -0.05) is 41.9 Å². The zero-order valence-corrected chi connectivity index (χ0v) is 16.4. The van der Waals surface area contributed by atoms with E-state index >= 15 is 0 Å². The first kappa shape index (κ1) is 20.0. The van der Waals surface area contributed by atoms with Crippen molar-refractivity contribution in [2.45, 2.75) is 32.6 Å². The number of fused-ring (bicyclic) bond motifs is 1. The van der Waals surface area contributed by atoms with E-state index in [9.17, 15) is 4.79 Å². The first-order valence-corrected chi connectivity index (χ1v) is 9.16. The van der Waals surface area contributed by atoms with E-state index in [0.29, 0.717) is 30.7 Å². The molecule has 2 heterocycles. The summed E-state index contributed by atoms with van der Waals surface area (Å²) in [5.74, 6) is -0.338. The van der Waals surface area contributed by atoms with Crippen LogP contribution in [0.15, 0.2) is 36.7 Å². The average molecular weight is 405 g/mol. The van der Waals surface area contributed by atoms with E-state index in [1.165, 1.54) is 6.92 Å². The maximum atomic E-state index is 11.0. The van der Waals surface area contributed by atoms with Gasteiger partial charge in [-0.15, -0.1) is 0 Å². The van der Waals surface area contributed by atoms with Crippen molar-refractivity contribution < 1.29 is 19.0 Å². The monoisotopic (exact) mass is 404 g/mol. The summed E-state index contributed by atoms with van der Waals surface area (Å²) in [5.41, 5.74) is 2.08. The zero-order valence-electron chi connectivity index (χ0n) is 15.7. The Labute approximate surface area is 167 Å². The van der Waals surface area contributed by atoms with Crippen LogP contribution in [-0.2, 0) is 27.4 Å².